The van der Waals surface area contributed by atoms with Crippen LogP contribution in [-0.2, 0) is 9.57 Å². The molecular weight excluding hydrogens is 270 g/mol. The molecule has 0 spiro atoms. The number of ether oxygens (including phenoxy) is 1. The van der Waals surface area contributed by atoms with Crippen LogP contribution in [0.5, 0.6) is 0 Å². The number of nitrogens with zero attached hydrogens (tertiary/aromatic N) is 2. The van der Waals surface area contributed by atoms with Crippen molar-refractivity contribution in [2.75, 3.05) is 26.2 Å². The predicted octanol–water partition coefficient (Wildman–Crippen LogP) is 1.74. The molecule has 0 aromatic heterocycles. The minimum atomic E-state index is -0.607. The number of carbonyl (C=O) groups is 1. The van der Waals surface area contributed by atoms with E-state index in [1.54, 1.807) is 5.06 Å². The number of hydrogen-bond donors (Lipinski definition) is 1. The van der Waals surface area contributed by atoms with Gasteiger partial charge in [-0.15, -0.1) is 5.06 Å². The second-order valence-electron chi connectivity index (χ2n) is 7.09. The maximum atomic E-state index is 11.6. The molecule has 0 aromatic carbocycles. The average molecular weight is 299 g/mol. The predicted molar refractivity (Wildman–Crippen MR) is 80.7 cm³/mol. The maximum Gasteiger partial charge on any atom is 0.528 e. The number of rotatable bonds is 2. The van der Waals surface area contributed by atoms with E-state index in [0.29, 0.717) is 12.1 Å². The zero-order chi connectivity index (χ0) is 15.5. The fourth-order valence-corrected chi connectivity index (χ4v) is 2.96. The van der Waals surface area contributed by atoms with Gasteiger partial charge in [-0.25, -0.2) is 4.79 Å². The first-order valence-electron chi connectivity index (χ1n) is 7.99. The average Bonchev–Trinajstić information content (AvgIpc) is 2.38. The first kappa shape index (κ1) is 16.5. The maximum absolute atomic E-state index is 11.6. The standard InChI is InChI=1S/C15H29N3O3/c1-15(2,3)20-14(19)21-18-10-6-13(7-11-18)17-8-4-12(16)5-9-17/h12-13H,4-11,16H2,1-3H3. The molecule has 21 heavy (non-hydrogen) atoms. The lowest BCUT2D eigenvalue weighted by Gasteiger charge is -2.40. The lowest BCUT2D eigenvalue weighted by atomic mass is 9.99. The van der Waals surface area contributed by atoms with Crippen LogP contribution in [-0.4, -0.2) is 60.0 Å². The van der Waals surface area contributed by atoms with Crippen LogP contribution in [0.4, 0.5) is 4.79 Å². The van der Waals surface area contributed by atoms with E-state index in [1.165, 1.54) is 0 Å². The van der Waals surface area contributed by atoms with Crippen molar-refractivity contribution in [3.63, 3.8) is 0 Å². The quantitative estimate of drug-likeness (QED) is 0.783. The summed E-state index contributed by atoms with van der Waals surface area (Å²) < 4.78 is 5.17. The fraction of sp³-hybridized carbons (Fsp3) is 0.933. The van der Waals surface area contributed by atoms with Crippen LogP contribution in [0, 0.1) is 0 Å². The Kier molecular flexibility index (Phi) is 5.46. The van der Waals surface area contributed by atoms with Gasteiger partial charge in [-0.05, 0) is 59.5 Å². The molecule has 2 N–H and O–H groups in total. The van der Waals surface area contributed by atoms with Crippen molar-refractivity contribution in [1.29, 1.82) is 0 Å². The van der Waals surface area contributed by atoms with Crippen molar-refractivity contribution in [3.8, 4) is 0 Å². The first-order valence-corrected chi connectivity index (χ1v) is 7.99. The van der Waals surface area contributed by atoms with E-state index >= 15 is 0 Å². The summed E-state index contributed by atoms with van der Waals surface area (Å²) in [6, 6.07) is 0.966. The van der Waals surface area contributed by atoms with Crippen LogP contribution >= 0.6 is 0 Å². The van der Waals surface area contributed by atoms with Crippen molar-refractivity contribution in [1.82, 2.24) is 9.96 Å². The summed E-state index contributed by atoms with van der Waals surface area (Å²) in [5.74, 6) is 0. The van der Waals surface area contributed by atoms with Crippen LogP contribution in [0.1, 0.15) is 46.5 Å². The van der Waals surface area contributed by atoms with Gasteiger partial charge in [-0.3, -0.25) is 0 Å². The van der Waals surface area contributed by atoms with Gasteiger partial charge in [-0.1, -0.05) is 0 Å². The summed E-state index contributed by atoms with van der Waals surface area (Å²) in [7, 11) is 0. The largest absolute Gasteiger partial charge is 0.528 e. The molecule has 0 unspecified atom stereocenters. The third kappa shape index (κ3) is 5.45. The summed E-state index contributed by atoms with van der Waals surface area (Å²) >= 11 is 0. The number of hydrogen-bond acceptors (Lipinski definition) is 6. The topological polar surface area (TPSA) is 68.0 Å². The Morgan fingerprint density at radius 3 is 2.14 bits per heavy atom. The zero-order valence-corrected chi connectivity index (χ0v) is 13.5. The van der Waals surface area contributed by atoms with E-state index in [-0.39, 0.29) is 0 Å². The molecule has 0 aliphatic carbocycles. The van der Waals surface area contributed by atoms with Gasteiger partial charge in [-0.2, -0.15) is 0 Å². The molecule has 2 aliphatic heterocycles. The minimum Gasteiger partial charge on any atom is -0.427 e. The van der Waals surface area contributed by atoms with E-state index in [0.717, 1.165) is 51.9 Å². The summed E-state index contributed by atoms with van der Waals surface area (Å²) in [5, 5.41) is 1.72. The van der Waals surface area contributed by atoms with Crippen molar-refractivity contribution < 1.29 is 14.4 Å². The Morgan fingerprint density at radius 1 is 1.05 bits per heavy atom. The molecule has 2 aliphatic rings. The summed E-state index contributed by atoms with van der Waals surface area (Å²) in [4.78, 5) is 19.4. The van der Waals surface area contributed by atoms with Gasteiger partial charge in [0.15, 0.2) is 0 Å². The molecule has 0 atom stereocenters. The molecule has 0 radical (unpaired) electrons. The Hall–Kier alpha value is -0.850. The SMILES string of the molecule is CC(C)(C)OC(=O)ON1CCC(N2CCC(N)CC2)CC1. The Morgan fingerprint density at radius 2 is 1.62 bits per heavy atom. The van der Waals surface area contributed by atoms with Gasteiger partial charge >= 0.3 is 6.16 Å². The first-order chi connectivity index (χ1) is 9.83. The van der Waals surface area contributed by atoms with E-state index < -0.39 is 11.8 Å². The second kappa shape index (κ2) is 6.94. The molecule has 2 heterocycles. The molecule has 122 valence electrons. The second-order valence-corrected chi connectivity index (χ2v) is 7.09. The van der Waals surface area contributed by atoms with Crippen molar-refractivity contribution in [2.45, 2.75) is 64.1 Å². The van der Waals surface area contributed by atoms with E-state index in [9.17, 15) is 4.79 Å². The van der Waals surface area contributed by atoms with E-state index in [2.05, 4.69) is 4.90 Å². The third-order valence-corrected chi connectivity index (χ3v) is 4.11. The summed E-state index contributed by atoms with van der Waals surface area (Å²) in [6.07, 6.45) is 3.63. The van der Waals surface area contributed by atoms with Crippen molar-refractivity contribution >= 4 is 6.16 Å². The van der Waals surface area contributed by atoms with Gasteiger partial charge in [0, 0.05) is 25.2 Å². The number of likely N-dealkylation sites (tertiary alicyclic amines) is 1. The van der Waals surface area contributed by atoms with Gasteiger partial charge < -0.3 is 20.2 Å². The van der Waals surface area contributed by atoms with Gasteiger partial charge in [0.2, 0.25) is 0 Å². The molecule has 0 amide bonds. The number of piperidine rings is 2. The normalized spacial score (nSPS) is 24.0. The van der Waals surface area contributed by atoms with Gasteiger partial charge in [0.25, 0.3) is 0 Å². The number of carbonyl (C=O) groups excluding carboxylic acids is 1. The Bertz CT molecular complexity index is 341. The summed E-state index contributed by atoms with van der Waals surface area (Å²) in [6.45, 7) is 9.24. The van der Waals surface area contributed by atoms with Crippen molar-refractivity contribution in [3.05, 3.63) is 0 Å². The van der Waals surface area contributed by atoms with Crippen LogP contribution < -0.4 is 5.73 Å². The number of hydroxylamine groups is 2. The fourth-order valence-electron chi connectivity index (χ4n) is 2.96. The van der Waals surface area contributed by atoms with E-state index in [1.807, 2.05) is 20.8 Å². The molecule has 0 saturated carbocycles. The monoisotopic (exact) mass is 299 g/mol. The van der Waals surface area contributed by atoms with E-state index in [4.69, 9.17) is 15.3 Å². The van der Waals surface area contributed by atoms with Crippen LogP contribution in [0.3, 0.4) is 0 Å². The highest BCUT2D eigenvalue weighted by atomic mass is 16.8. The molecule has 2 rings (SSSR count). The molecule has 6 heteroatoms. The zero-order valence-electron chi connectivity index (χ0n) is 13.5. The molecular formula is C15H29N3O3. The lowest BCUT2D eigenvalue weighted by molar-refractivity contribution is -0.157. The molecule has 0 aromatic rings. The smallest absolute Gasteiger partial charge is 0.427 e. The van der Waals surface area contributed by atoms with Crippen LogP contribution in [0.15, 0.2) is 0 Å². The molecule has 2 saturated heterocycles. The minimum absolute atomic E-state index is 0.372. The van der Waals surface area contributed by atoms with Crippen LogP contribution in [0.25, 0.3) is 0 Å². The Labute approximate surface area is 127 Å². The third-order valence-electron chi connectivity index (χ3n) is 4.11. The molecule has 0 bridgehead atoms. The van der Waals surface area contributed by atoms with Gasteiger partial charge in [0.1, 0.15) is 5.60 Å². The summed E-state index contributed by atoms with van der Waals surface area (Å²) in [5.41, 5.74) is 5.44. The van der Waals surface area contributed by atoms with Gasteiger partial charge in [0.05, 0.1) is 0 Å². The highest BCUT2D eigenvalue weighted by Crippen LogP contribution is 2.21. The Balaban J connectivity index is 1.69. The molecule has 2 fully saturated rings. The van der Waals surface area contributed by atoms with Crippen LogP contribution in [0.2, 0.25) is 0 Å². The highest BCUT2D eigenvalue weighted by Gasteiger charge is 2.29. The highest BCUT2D eigenvalue weighted by molar-refractivity contribution is 5.60. The molecule has 6 nitrogen and oxygen atoms in total. The van der Waals surface area contributed by atoms with Crippen molar-refractivity contribution in [2.24, 2.45) is 5.73 Å². The lowest BCUT2D eigenvalue weighted by Crippen LogP contribution is -2.49. The number of nitrogens with two attached hydrogens (primary N) is 1.